The van der Waals surface area contributed by atoms with Gasteiger partial charge in [0.15, 0.2) is 0 Å². The highest BCUT2D eigenvalue weighted by Gasteiger charge is 2.51. The fourth-order valence-corrected chi connectivity index (χ4v) is 2.67. The maximum absolute atomic E-state index is 11.5. The largest absolute Gasteiger partial charge is 0.494 e. The standard InChI is InChI=1S/C22H35BO7/c1-20(2,3)28-19(24)16-26-13-12-25-14-15-27-18-10-8-17(9-11-18)23-29-21(4,5)22(6,7)30-23/h8-11H,12-16H2,1-7H3. The zero-order valence-corrected chi connectivity index (χ0v) is 19.3. The van der Waals surface area contributed by atoms with E-state index in [0.29, 0.717) is 26.4 Å². The first-order valence-corrected chi connectivity index (χ1v) is 10.4. The third-order valence-electron chi connectivity index (χ3n) is 4.91. The van der Waals surface area contributed by atoms with Gasteiger partial charge in [-0.1, -0.05) is 12.1 Å². The molecular formula is C22H35BO7. The highest BCUT2D eigenvalue weighted by molar-refractivity contribution is 6.62. The normalized spacial score (nSPS) is 17.8. The second-order valence-electron chi connectivity index (χ2n) is 9.26. The monoisotopic (exact) mass is 422 g/mol. The van der Waals surface area contributed by atoms with Gasteiger partial charge in [0.2, 0.25) is 0 Å². The van der Waals surface area contributed by atoms with Gasteiger partial charge in [-0.05, 0) is 66.1 Å². The van der Waals surface area contributed by atoms with Crippen molar-refractivity contribution in [3.8, 4) is 5.75 Å². The minimum atomic E-state index is -0.503. The number of hydrogen-bond donors (Lipinski definition) is 0. The predicted octanol–water partition coefficient (Wildman–Crippen LogP) is 2.74. The van der Waals surface area contributed by atoms with Crippen molar-refractivity contribution in [3.05, 3.63) is 24.3 Å². The van der Waals surface area contributed by atoms with Crippen LogP contribution in [0.25, 0.3) is 0 Å². The summed E-state index contributed by atoms with van der Waals surface area (Å²) in [5.41, 5.74) is -0.266. The van der Waals surface area contributed by atoms with E-state index in [-0.39, 0.29) is 30.9 Å². The number of carbonyl (C=O) groups is 1. The molecule has 0 aromatic heterocycles. The third kappa shape index (κ3) is 7.58. The Hall–Kier alpha value is -1.61. The van der Waals surface area contributed by atoms with Gasteiger partial charge < -0.3 is 28.3 Å². The summed E-state index contributed by atoms with van der Waals surface area (Å²) in [6, 6.07) is 7.68. The first-order valence-electron chi connectivity index (χ1n) is 10.4. The van der Waals surface area contributed by atoms with Crippen molar-refractivity contribution in [2.24, 2.45) is 0 Å². The van der Waals surface area contributed by atoms with Crippen LogP contribution in [-0.2, 0) is 28.3 Å². The third-order valence-corrected chi connectivity index (χ3v) is 4.91. The van der Waals surface area contributed by atoms with Crippen LogP contribution in [0.5, 0.6) is 5.75 Å². The Kier molecular flexibility index (Phi) is 8.33. The Balaban J connectivity index is 1.59. The zero-order chi connectivity index (χ0) is 22.4. The van der Waals surface area contributed by atoms with E-state index in [1.54, 1.807) is 0 Å². The van der Waals surface area contributed by atoms with Gasteiger partial charge in [-0.2, -0.15) is 0 Å². The lowest BCUT2D eigenvalue weighted by atomic mass is 9.79. The van der Waals surface area contributed by atoms with Gasteiger partial charge in [0, 0.05) is 0 Å². The van der Waals surface area contributed by atoms with Gasteiger partial charge in [0.1, 0.15) is 24.6 Å². The van der Waals surface area contributed by atoms with Crippen molar-refractivity contribution in [2.45, 2.75) is 65.3 Å². The molecular weight excluding hydrogens is 387 g/mol. The first-order chi connectivity index (χ1) is 13.9. The molecule has 8 heteroatoms. The van der Waals surface area contributed by atoms with Crippen LogP contribution in [0.2, 0.25) is 0 Å². The van der Waals surface area contributed by atoms with E-state index in [2.05, 4.69) is 0 Å². The van der Waals surface area contributed by atoms with Gasteiger partial charge in [-0.15, -0.1) is 0 Å². The van der Waals surface area contributed by atoms with Crippen LogP contribution >= 0.6 is 0 Å². The van der Waals surface area contributed by atoms with E-state index in [4.69, 9.17) is 28.3 Å². The maximum Gasteiger partial charge on any atom is 0.494 e. The summed E-state index contributed by atoms with van der Waals surface area (Å²) in [6.07, 6.45) is 0. The zero-order valence-electron chi connectivity index (χ0n) is 19.3. The molecule has 1 heterocycles. The van der Waals surface area contributed by atoms with Gasteiger partial charge in [-0.3, -0.25) is 0 Å². The molecule has 1 fully saturated rings. The highest BCUT2D eigenvalue weighted by Crippen LogP contribution is 2.36. The molecule has 0 unspecified atom stereocenters. The quantitative estimate of drug-likeness (QED) is 0.326. The summed E-state index contributed by atoms with van der Waals surface area (Å²) < 4.78 is 33.6. The lowest BCUT2D eigenvalue weighted by Crippen LogP contribution is -2.41. The van der Waals surface area contributed by atoms with Crippen LogP contribution in [0, 0.1) is 0 Å². The molecule has 0 bridgehead atoms. The lowest BCUT2D eigenvalue weighted by molar-refractivity contribution is -0.160. The molecule has 1 aromatic rings. The van der Waals surface area contributed by atoms with Crippen LogP contribution in [0.4, 0.5) is 0 Å². The van der Waals surface area contributed by atoms with Crippen molar-refractivity contribution in [1.82, 2.24) is 0 Å². The van der Waals surface area contributed by atoms with Crippen molar-refractivity contribution in [2.75, 3.05) is 33.0 Å². The van der Waals surface area contributed by atoms with E-state index in [9.17, 15) is 4.79 Å². The van der Waals surface area contributed by atoms with Crippen molar-refractivity contribution < 1.29 is 33.1 Å². The van der Waals surface area contributed by atoms with E-state index in [0.717, 1.165) is 11.2 Å². The molecule has 168 valence electrons. The number of rotatable bonds is 10. The average molecular weight is 422 g/mol. The summed E-state index contributed by atoms with van der Waals surface area (Å²) >= 11 is 0. The molecule has 0 radical (unpaired) electrons. The number of esters is 1. The van der Waals surface area contributed by atoms with Crippen molar-refractivity contribution in [3.63, 3.8) is 0 Å². The van der Waals surface area contributed by atoms with Crippen LogP contribution in [0.1, 0.15) is 48.5 Å². The predicted molar refractivity (Wildman–Crippen MR) is 115 cm³/mol. The second kappa shape index (κ2) is 10.1. The number of hydrogen-bond acceptors (Lipinski definition) is 7. The highest BCUT2D eigenvalue weighted by atomic mass is 16.7. The molecule has 0 amide bonds. The summed E-state index contributed by atoms with van der Waals surface area (Å²) in [5, 5.41) is 0. The maximum atomic E-state index is 11.5. The molecule has 1 aliphatic heterocycles. The summed E-state index contributed by atoms with van der Waals surface area (Å²) in [5.74, 6) is 0.370. The van der Waals surface area contributed by atoms with E-state index < -0.39 is 5.60 Å². The van der Waals surface area contributed by atoms with Gasteiger partial charge >= 0.3 is 13.1 Å². The van der Waals surface area contributed by atoms with E-state index in [1.807, 2.05) is 72.7 Å². The Bertz CT molecular complexity index is 664. The number of carbonyl (C=O) groups excluding carboxylic acids is 1. The fraction of sp³-hybridized carbons (Fsp3) is 0.682. The summed E-state index contributed by atoms with van der Waals surface area (Å²) in [6.45, 7) is 15.1. The molecule has 7 nitrogen and oxygen atoms in total. The Morgan fingerprint density at radius 2 is 1.43 bits per heavy atom. The second-order valence-corrected chi connectivity index (χ2v) is 9.26. The van der Waals surface area contributed by atoms with E-state index in [1.165, 1.54) is 0 Å². The Morgan fingerprint density at radius 1 is 0.900 bits per heavy atom. The van der Waals surface area contributed by atoms with Gasteiger partial charge in [0.05, 0.1) is 31.0 Å². The lowest BCUT2D eigenvalue weighted by Gasteiger charge is -2.32. The molecule has 0 aliphatic carbocycles. The minimum Gasteiger partial charge on any atom is -0.491 e. The average Bonchev–Trinajstić information content (AvgIpc) is 2.84. The topological polar surface area (TPSA) is 72.5 Å². The molecule has 30 heavy (non-hydrogen) atoms. The van der Waals surface area contributed by atoms with Crippen LogP contribution in [-0.4, -0.2) is 62.9 Å². The molecule has 0 atom stereocenters. The molecule has 1 aliphatic rings. The molecule has 0 spiro atoms. The summed E-state index contributed by atoms with van der Waals surface area (Å²) in [7, 11) is -0.381. The Morgan fingerprint density at radius 3 is 2.00 bits per heavy atom. The van der Waals surface area contributed by atoms with Gasteiger partial charge in [-0.25, -0.2) is 4.79 Å². The minimum absolute atomic E-state index is 0.0771. The SMILES string of the molecule is CC(C)(C)OC(=O)COCCOCCOc1ccc(B2OC(C)(C)C(C)(C)O2)cc1. The first kappa shape index (κ1) is 24.7. The van der Waals surface area contributed by atoms with Crippen LogP contribution in [0.15, 0.2) is 24.3 Å². The van der Waals surface area contributed by atoms with E-state index >= 15 is 0 Å². The smallest absolute Gasteiger partial charge is 0.491 e. The molecule has 1 saturated heterocycles. The van der Waals surface area contributed by atoms with Crippen molar-refractivity contribution in [1.29, 1.82) is 0 Å². The Labute approximate surface area is 180 Å². The van der Waals surface area contributed by atoms with Gasteiger partial charge in [0.25, 0.3) is 0 Å². The fourth-order valence-electron chi connectivity index (χ4n) is 2.67. The molecule has 1 aromatic carbocycles. The number of benzene rings is 1. The molecule has 0 N–H and O–H groups in total. The van der Waals surface area contributed by atoms with Crippen molar-refractivity contribution >= 4 is 18.6 Å². The molecule has 0 saturated carbocycles. The summed E-state index contributed by atoms with van der Waals surface area (Å²) in [4.78, 5) is 11.5. The van der Waals surface area contributed by atoms with Crippen LogP contribution < -0.4 is 10.2 Å². The molecule has 2 rings (SSSR count). The number of ether oxygens (including phenoxy) is 4. The van der Waals surface area contributed by atoms with Crippen LogP contribution in [0.3, 0.4) is 0 Å².